The molecule has 0 spiro atoms. The molecule has 0 aliphatic heterocycles. The normalized spacial score (nSPS) is 10.4. The minimum atomic E-state index is 0.315. The minimum Gasteiger partial charge on any atom is -0.487 e. The largest absolute Gasteiger partial charge is 0.487 e. The number of hydrogen-bond acceptors (Lipinski definition) is 4. The molecule has 0 radical (unpaired) electrons. The van der Waals surface area contributed by atoms with Crippen LogP contribution >= 0.6 is 11.6 Å². The maximum atomic E-state index is 5.74. The van der Waals surface area contributed by atoms with E-state index in [-0.39, 0.29) is 0 Å². The highest BCUT2D eigenvalue weighted by Crippen LogP contribution is 2.17. The smallest absolute Gasteiger partial charge is 0.155 e. The lowest BCUT2D eigenvalue weighted by atomic mass is 10.1. The molecule has 100 valence electrons. The Bertz CT molecular complexity index is 683. The molecule has 0 saturated heterocycles. The molecular formula is C14H11ClN4O. The number of aromatic amines is 1. The van der Waals surface area contributed by atoms with Gasteiger partial charge in [-0.1, -0.05) is 35.9 Å². The number of aromatic nitrogens is 4. The number of rotatable bonds is 4. The van der Waals surface area contributed by atoms with Crippen LogP contribution in [0.4, 0.5) is 0 Å². The molecular weight excluding hydrogens is 276 g/mol. The van der Waals surface area contributed by atoms with Crippen molar-refractivity contribution in [3.63, 3.8) is 0 Å². The van der Waals surface area contributed by atoms with Gasteiger partial charge in [-0.05, 0) is 5.56 Å². The van der Waals surface area contributed by atoms with Gasteiger partial charge in [0.15, 0.2) is 5.15 Å². The van der Waals surface area contributed by atoms with Crippen molar-refractivity contribution in [1.29, 1.82) is 0 Å². The van der Waals surface area contributed by atoms with Crippen molar-refractivity contribution in [2.45, 2.75) is 6.61 Å². The van der Waals surface area contributed by atoms with Gasteiger partial charge in [-0.25, -0.2) is 4.98 Å². The van der Waals surface area contributed by atoms with Gasteiger partial charge in [-0.3, -0.25) is 0 Å². The maximum absolute atomic E-state index is 5.74. The van der Waals surface area contributed by atoms with Crippen LogP contribution in [0.2, 0.25) is 5.15 Å². The number of H-pyrrole nitrogens is 1. The lowest BCUT2D eigenvalue weighted by Gasteiger charge is -2.06. The predicted molar refractivity (Wildman–Crippen MR) is 75.4 cm³/mol. The second kappa shape index (κ2) is 5.71. The van der Waals surface area contributed by atoms with E-state index in [0.29, 0.717) is 17.5 Å². The van der Waals surface area contributed by atoms with Gasteiger partial charge in [0.1, 0.15) is 18.2 Å². The van der Waals surface area contributed by atoms with Gasteiger partial charge in [0.05, 0.1) is 6.20 Å². The first-order chi connectivity index (χ1) is 9.81. The van der Waals surface area contributed by atoms with Gasteiger partial charge in [-0.15, -0.1) is 5.10 Å². The fourth-order valence-corrected chi connectivity index (χ4v) is 1.90. The van der Waals surface area contributed by atoms with E-state index in [2.05, 4.69) is 20.2 Å². The van der Waals surface area contributed by atoms with E-state index in [1.807, 2.05) is 24.3 Å². The van der Waals surface area contributed by atoms with E-state index in [0.717, 1.165) is 17.0 Å². The molecule has 6 heteroatoms. The van der Waals surface area contributed by atoms with Crippen LogP contribution in [0, 0.1) is 0 Å². The summed E-state index contributed by atoms with van der Waals surface area (Å²) in [6.07, 6.45) is 5.06. The third-order valence-electron chi connectivity index (χ3n) is 2.73. The van der Waals surface area contributed by atoms with Gasteiger partial charge in [0.2, 0.25) is 0 Å². The SMILES string of the molecule is Clc1cc(OCc2ccc(-c3ncc[nH]3)cc2)cnn1. The van der Waals surface area contributed by atoms with E-state index in [4.69, 9.17) is 16.3 Å². The zero-order valence-corrected chi connectivity index (χ0v) is 11.2. The van der Waals surface area contributed by atoms with Crippen LogP contribution in [0.1, 0.15) is 5.56 Å². The summed E-state index contributed by atoms with van der Waals surface area (Å²) in [6.45, 7) is 0.445. The molecule has 2 aromatic heterocycles. The van der Waals surface area contributed by atoms with Crippen molar-refractivity contribution in [2.24, 2.45) is 0 Å². The highest BCUT2D eigenvalue weighted by molar-refractivity contribution is 6.29. The Morgan fingerprint density at radius 3 is 2.75 bits per heavy atom. The molecule has 5 nitrogen and oxygen atoms in total. The second-order valence-corrected chi connectivity index (χ2v) is 4.52. The number of benzene rings is 1. The molecule has 0 saturated carbocycles. The van der Waals surface area contributed by atoms with Crippen LogP contribution in [-0.4, -0.2) is 20.2 Å². The lowest BCUT2D eigenvalue weighted by Crippen LogP contribution is -1.96. The van der Waals surface area contributed by atoms with Gasteiger partial charge < -0.3 is 9.72 Å². The average Bonchev–Trinajstić information content (AvgIpc) is 3.00. The molecule has 0 unspecified atom stereocenters. The molecule has 0 bridgehead atoms. The molecule has 3 rings (SSSR count). The van der Waals surface area contributed by atoms with Crippen molar-refractivity contribution >= 4 is 11.6 Å². The van der Waals surface area contributed by atoms with Gasteiger partial charge in [0.25, 0.3) is 0 Å². The molecule has 3 aromatic rings. The maximum Gasteiger partial charge on any atom is 0.155 e. The zero-order valence-electron chi connectivity index (χ0n) is 10.5. The number of nitrogens with zero attached hydrogens (tertiary/aromatic N) is 3. The van der Waals surface area contributed by atoms with Crippen LogP contribution in [0.25, 0.3) is 11.4 Å². The summed E-state index contributed by atoms with van der Waals surface area (Å²) < 4.78 is 5.59. The Labute approximate surface area is 120 Å². The standard InChI is InChI=1S/C14H11ClN4O/c15-13-7-12(8-18-19-13)20-9-10-1-3-11(4-2-10)14-16-5-6-17-14/h1-8H,9H2,(H,16,17). The Kier molecular flexibility index (Phi) is 3.60. The number of ether oxygens (including phenoxy) is 1. The van der Waals surface area contributed by atoms with Crippen LogP contribution < -0.4 is 4.74 Å². The first kappa shape index (κ1) is 12.6. The summed E-state index contributed by atoms with van der Waals surface area (Å²) in [5, 5.41) is 7.70. The van der Waals surface area contributed by atoms with Crippen LogP contribution in [-0.2, 0) is 6.61 Å². The average molecular weight is 287 g/mol. The summed E-state index contributed by atoms with van der Waals surface area (Å²) in [6, 6.07) is 9.61. The summed E-state index contributed by atoms with van der Waals surface area (Å²) in [4.78, 5) is 7.27. The Balaban J connectivity index is 1.67. The third kappa shape index (κ3) is 2.95. The van der Waals surface area contributed by atoms with E-state index in [1.54, 1.807) is 18.5 Å². The fourth-order valence-electron chi connectivity index (χ4n) is 1.75. The van der Waals surface area contributed by atoms with Crippen molar-refractivity contribution in [1.82, 2.24) is 20.2 Å². The van der Waals surface area contributed by atoms with Crippen LogP contribution in [0.15, 0.2) is 48.9 Å². The highest BCUT2D eigenvalue weighted by atomic mass is 35.5. The number of halogens is 1. The van der Waals surface area contributed by atoms with Gasteiger partial charge >= 0.3 is 0 Å². The Morgan fingerprint density at radius 1 is 1.20 bits per heavy atom. The molecule has 0 atom stereocenters. The van der Waals surface area contributed by atoms with Crippen molar-refractivity contribution in [3.8, 4) is 17.1 Å². The topological polar surface area (TPSA) is 63.7 Å². The van der Waals surface area contributed by atoms with Gasteiger partial charge in [0, 0.05) is 24.0 Å². The monoisotopic (exact) mass is 286 g/mol. The number of hydrogen-bond donors (Lipinski definition) is 1. The third-order valence-corrected chi connectivity index (χ3v) is 2.92. The zero-order chi connectivity index (χ0) is 13.8. The first-order valence-electron chi connectivity index (χ1n) is 6.01. The predicted octanol–water partition coefficient (Wildman–Crippen LogP) is 3.10. The van der Waals surface area contributed by atoms with E-state index in [1.165, 1.54) is 6.20 Å². The van der Waals surface area contributed by atoms with Crippen LogP contribution in [0.3, 0.4) is 0 Å². The molecule has 0 amide bonds. The number of imidazole rings is 1. The van der Waals surface area contributed by atoms with Crippen molar-refractivity contribution < 1.29 is 4.74 Å². The fraction of sp³-hybridized carbons (Fsp3) is 0.0714. The summed E-state index contributed by atoms with van der Waals surface area (Å²) in [5.74, 6) is 1.45. The lowest BCUT2D eigenvalue weighted by molar-refractivity contribution is 0.304. The van der Waals surface area contributed by atoms with Gasteiger partial charge in [-0.2, -0.15) is 5.10 Å². The molecule has 0 aliphatic carbocycles. The molecule has 1 aromatic carbocycles. The molecule has 2 heterocycles. The molecule has 0 aliphatic rings. The summed E-state index contributed by atoms with van der Waals surface area (Å²) in [5.41, 5.74) is 2.08. The van der Waals surface area contributed by atoms with Crippen molar-refractivity contribution in [2.75, 3.05) is 0 Å². The minimum absolute atomic E-state index is 0.315. The van der Waals surface area contributed by atoms with E-state index >= 15 is 0 Å². The molecule has 20 heavy (non-hydrogen) atoms. The van der Waals surface area contributed by atoms with E-state index in [9.17, 15) is 0 Å². The van der Waals surface area contributed by atoms with E-state index < -0.39 is 0 Å². The molecule has 0 fully saturated rings. The first-order valence-corrected chi connectivity index (χ1v) is 6.39. The van der Waals surface area contributed by atoms with Crippen molar-refractivity contribution in [3.05, 3.63) is 59.6 Å². The highest BCUT2D eigenvalue weighted by Gasteiger charge is 2.01. The Morgan fingerprint density at radius 2 is 2.05 bits per heavy atom. The quantitative estimate of drug-likeness (QED) is 0.800. The van der Waals surface area contributed by atoms with Crippen LogP contribution in [0.5, 0.6) is 5.75 Å². The second-order valence-electron chi connectivity index (χ2n) is 4.14. The molecule has 1 N–H and O–H groups in total. The number of nitrogens with one attached hydrogen (secondary N) is 1. The Hall–Kier alpha value is -2.40. The summed E-state index contributed by atoms with van der Waals surface area (Å²) in [7, 11) is 0. The summed E-state index contributed by atoms with van der Waals surface area (Å²) >= 11 is 5.74.